The summed E-state index contributed by atoms with van der Waals surface area (Å²) in [5.41, 5.74) is 0.993. The number of nitrogens with one attached hydrogen (secondary N) is 4. The van der Waals surface area contributed by atoms with Gasteiger partial charge in [-0.2, -0.15) is 0 Å². The van der Waals surface area contributed by atoms with Crippen LogP contribution in [0, 0.1) is 0 Å². The average Bonchev–Trinajstić information content (AvgIpc) is 2.43. The van der Waals surface area contributed by atoms with E-state index < -0.39 is 11.7 Å². The van der Waals surface area contributed by atoms with Crippen molar-refractivity contribution < 1.29 is 14.3 Å². The first-order chi connectivity index (χ1) is 11.2. The number of alkyl carbamates (subject to hydrolysis) is 1. The molecule has 0 atom stereocenters. The monoisotopic (exact) mass is 352 g/mol. The van der Waals surface area contributed by atoms with E-state index in [-0.39, 0.29) is 5.91 Å². The van der Waals surface area contributed by atoms with Gasteiger partial charge >= 0.3 is 6.09 Å². The summed E-state index contributed by atoms with van der Waals surface area (Å²) in [6.07, 6.45) is -0.461. The Labute approximate surface area is 147 Å². The van der Waals surface area contributed by atoms with Gasteiger partial charge in [-0.05, 0) is 57.3 Å². The number of rotatable bonds is 5. The summed E-state index contributed by atoms with van der Waals surface area (Å²) in [6.45, 7) is 7.73. The van der Waals surface area contributed by atoms with Gasteiger partial charge < -0.3 is 26.0 Å². The summed E-state index contributed by atoms with van der Waals surface area (Å²) < 4.78 is 5.12. The van der Waals surface area contributed by atoms with Crippen molar-refractivity contribution in [2.75, 3.05) is 23.7 Å². The van der Waals surface area contributed by atoms with Crippen LogP contribution in [0.15, 0.2) is 24.3 Å². The van der Waals surface area contributed by atoms with E-state index in [1.165, 1.54) is 6.92 Å². The zero-order chi connectivity index (χ0) is 18.2. The number of hydrogen-bond acceptors (Lipinski definition) is 4. The minimum atomic E-state index is -0.516. The topological polar surface area (TPSA) is 91.5 Å². The fraction of sp³-hybridized carbons (Fsp3) is 0.438. The normalized spacial score (nSPS) is 10.5. The smallest absolute Gasteiger partial charge is 0.407 e. The van der Waals surface area contributed by atoms with E-state index >= 15 is 0 Å². The molecule has 0 heterocycles. The number of thiocarbonyl (C=S) groups is 1. The Hall–Kier alpha value is -2.35. The van der Waals surface area contributed by atoms with Crippen LogP contribution in [-0.2, 0) is 9.53 Å². The van der Waals surface area contributed by atoms with E-state index in [1.54, 1.807) is 45.0 Å². The van der Waals surface area contributed by atoms with Crippen LogP contribution < -0.4 is 21.3 Å². The predicted octanol–water partition coefficient (Wildman–Crippen LogP) is 2.46. The first kappa shape index (κ1) is 19.7. The molecule has 0 spiro atoms. The maximum absolute atomic E-state index is 11.5. The van der Waals surface area contributed by atoms with Crippen molar-refractivity contribution in [3.63, 3.8) is 0 Å². The number of anilines is 2. The van der Waals surface area contributed by atoms with Crippen LogP contribution in [0.1, 0.15) is 27.7 Å². The zero-order valence-corrected chi connectivity index (χ0v) is 15.2. The molecule has 1 rings (SSSR count). The molecule has 1 aromatic rings. The molecule has 2 amide bonds. The lowest BCUT2D eigenvalue weighted by Crippen LogP contribution is -2.39. The minimum Gasteiger partial charge on any atom is -0.444 e. The molecular weight excluding hydrogens is 328 g/mol. The van der Waals surface area contributed by atoms with E-state index in [0.29, 0.717) is 23.9 Å². The molecule has 0 saturated heterocycles. The fourth-order valence-corrected chi connectivity index (χ4v) is 1.89. The molecule has 0 aliphatic carbocycles. The van der Waals surface area contributed by atoms with Crippen molar-refractivity contribution in [2.24, 2.45) is 0 Å². The molecule has 0 unspecified atom stereocenters. The van der Waals surface area contributed by atoms with E-state index in [9.17, 15) is 9.59 Å². The molecule has 132 valence electrons. The molecule has 7 nitrogen and oxygen atoms in total. The Morgan fingerprint density at radius 2 is 1.50 bits per heavy atom. The number of ether oxygens (including phenoxy) is 1. The largest absolute Gasteiger partial charge is 0.444 e. The molecule has 1 aromatic carbocycles. The highest BCUT2D eigenvalue weighted by molar-refractivity contribution is 7.80. The van der Waals surface area contributed by atoms with Crippen molar-refractivity contribution in [1.82, 2.24) is 10.6 Å². The highest BCUT2D eigenvalue weighted by Crippen LogP contribution is 2.13. The molecule has 24 heavy (non-hydrogen) atoms. The van der Waals surface area contributed by atoms with Gasteiger partial charge in [-0.25, -0.2) is 4.79 Å². The van der Waals surface area contributed by atoms with Gasteiger partial charge in [0.25, 0.3) is 0 Å². The quantitative estimate of drug-likeness (QED) is 0.481. The van der Waals surface area contributed by atoms with Crippen LogP contribution in [0.5, 0.6) is 0 Å². The van der Waals surface area contributed by atoms with Gasteiger partial charge in [-0.3, -0.25) is 4.79 Å². The lowest BCUT2D eigenvalue weighted by atomic mass is 10.2. The van der Waals surface area contributed by atoms with E-state index in [1.807, 2.05) is 0 Å². The first-order valence-corrected chi connectivity index (χ1v) is 7.96. The van der Waals surface area contributed by atoms with Crippen LogP contribution in [0.25, 0.3) is 0 Å². The van der Waals surface area contributed by atoms with Gasteiger partial charge in [0.1, 0.15) is 5.60 Å². The van der Waals surface area contributed by atoms with Crippen molar-refractivity contribution in [3.05, 3.63) is 24.3 Å². The third-order valence-electron chi connectivity index (χ3n) is 2.54. The number of amides is 2. The standard InChI is InChI=1S/C16H24N4O3S/c1-11(21)19-12-5-7-13(8-6-12)20-14(24)17-9-10-18-15(22)23-16(2,3)4/h5-8H,9-10H2,1-4H3,(H,18,22)(H,19,21)(H2,17,20,24). The van der Waals surface area contributed by atoms with Crippen LogP contribution in [0.3, 0.4) is 0 Å². The summed E-state index contributed by atoms with van der Waals surface area (Å²) in [5.74, 6) is -0.120. The molecule has 4 N–H and O–H groups in total. The zero-order valence-electron chi connectivity index (χ0n) is 14.4. The summed E-state index contributed by atoms with van der Waals surface area (Å²) >= 11 is 5.17. The van der Waals surface area contributed by atoms with Crippen molar-refractivity contribution in [2.45, 2.75) is 33.3 Å². The van der Waals surface area contributed by atoms with Crippen LogP contribution in [0.4, 0.5) is 16.2 Å². The Balaban J connectivity index is 2.27. The van der Waals surface area contributed by atoms with Gasteiger partial charge in [0, 0.05) is 31.4 Å². The molecule has 0 bridgehead atoms. The number of hydrogen-bond donors (Lipinski definition) is 4. The van der Waals surface area contributed by atoms with E-state index in [2.05, 4.69) is 21.3 Å². The van der Waals surface area contributed by atoms with Crippen molar-refractivity contribution in [3.8, 4) is 0 Å². The van der Waals surface area contributed by atoms with Gasteiger partial charge in [-0.1, -0.05) is 0 Å². The summed E-state index contributed by atoms with van der Waals surface area (Å²) in [6, 6.07) is 7.16. The summed E-state index contributed by atoms with van der Waals surface area (Å²) in [7, 11) is 0. The number of carbonyl (C=O) groups is 2. The van der Waals surface area contributed by atoms with Crippen LogP contribution >= 0.6 is 12.2 Å². The second-order valence-corrected chi connectivity index (χ2v) is 6.48. The summed E-state index contributed by atoms with van der Waals surface area (Å²) in [4.78, 5) is 22.4. The molecule has 0 aliphatic rings. The molecular formula is C16H24N4O3S. The molecule has 0 fully saturated rings. The summed E-state index contributed by atoms with van der Waals surface area (Å²) in [5, 5.41) is 11.7. The van der Waals surface area contributed by atoms with E-state index in [0.717, 1.165) is 5.69 Å². The lowest BCUT2D eigenvalue weighted by molar-refractivity contribution is -0.114. The van der Waals surface area contributed by atoms with Gasteiger partial charge in [-0.15, -0.1) is 0 Å². The molecule has 8 heteroatoms. The third kappa shape index (κ3) is 8.94. The Morgan fingerprint density at radius 1 is 1.00 bits per heavy atom. The number of carbonyl (C=O) groups excluding carboxylic acids is 2. The maximum atomic E-state index is 11.5. The Morgan fingerprint density at radius 3 is 2.00 bits per heavy atom. The fourth-order valence-electron chi connectivity index (χ4n) is 1.67. The third-order valence-corrected chi connectivity index (χ3v) is 2.79. The van der Waals surface area contributed by atoms with Crippen LogP contribution in [0.2, 0.25) is 0 Å². The first-order valence-electron chi connectivity index (χ1n) is 7.55. The highest BCUT2D eigenvalue weighted by Gasteiger charge is 2.15. The van der Waals surface area contributed by atoms with Crippen molar-refractivity contribution >= 4 is 40.7 Å². The van der Waals surface area contributed by atoms with Crippen LogP contribution in [-0.4, -0.2) is 35.8 Å². The van der Waals surface area contributed by atoms with Gasteiger partial charge in [0.2, 0.25) is 5.91 Å². The molecule has 0 saturated carbocycles. The second-order valence-electron chi connectivity index (χ2n) is 6.07. The Kier molecular flexibility index (Phi) is 7.44. The van der Waals surface area contributed by atoms with Crippen molar-refractivity contribution in [1.29, 1.82) is 0 Å². The van der Waals surface area contributed by atoms with E-state index in [4.69, 9.17) is 17.0 Å². The van der Waals surface area contributed by atoms with Gasteiger partial charge in [0.15, 0.2) is 5.11 Å². The average molecular weight is 352 g/mol. The SMILES string of the molecule is CC(=O)Nc1ccc(NC(=S)NCCNC(=O)OC(C)(C)C)cc1. The highest BCUT2D eigenvalue weighted by atomic mass is 32.1. The second kappa shape index (κ2) is 9.07. The maximum Gasteiger partial charge on any atom is 0.407 e. The molecule has 0 radical (unpaired) electrons. The Bertz CT molecular complexity index is 582. The number of benzene rings is 1. The molecule has 0 aromatic heterocycles. The molecule has 0 aliphatic heterocycles. The minimum absolute atomic E-state index is 0.120. The van der Waals surface area contributed by atoms with Gasteiger partial charge in [0.05, 0.1) is 0 Å². The lowest BCUT2D eigenvalue weighted by Gasteiger charge is -2.19. The predicted molar refractivity (Wildman–Crippen MR) is 99.2 cm³/mol.